The van der Waals surface area contributed by atoms with Gasteiger partial charge in [-0.3, -0.25) is 0 Å². The molecule has 134 valence electrons. The molecular weight excluding hydrogens is 330 g/mol. The zero-order chi connectivity index (χ0) is 18.1. The molecule has 0 spiro atoms. The minimum Gasteiger partial charge on any atom is -0.207 e. The summed E-state index contributed by atoms with van der Waals surface area (Å²) in [5.41, 5.74) is 2.12. The maximum atomic E-state index is 13.4. The number of aryl methyl sites for hydroxylation is 1. The molecule has 0 saturated carbocycles. The average Bonchev–Trinajstić information content (AvgIpc) is 2.74. The second-order valence-corrected chi connectivity index (χ2v) is 9.74. The van der Waals surface area contributed by atoms with Crippen LogP contribution in [0.25, 0.3) is 0 Å². The van der Waals surface area contributed by atoms with Gasteiger partial charge in [0, 0.05) is 6.54 Å². The third kappa shape index (κ3) is 3.96. The van der Waals surface area contributed by atoms with E-state index in [1.54, 1.807) is 16.4 Å². The Morgan fingerprint density at radius 1 is 1.00 bits per heavy atom. The SMILES string of the molecule is Cc1ccc(S(=O)(=O)N2CC(C)(C)CCC[C@@H]2c2ccccc2)cc1. The summed E-state index contributed by atoms with van der Waals surface area (Å²) in [5, 5.41) is 0. The average molecular weight is 358 g/mol. The largest absolute Gasteiger partial charge is 0.243 e. The Morgan fingerprint density at radius 3 is 2.28 bits per heavy atom. The number of nitrogens with zero attached hydrogens (tertiary/aromatic N) is 1. The van der Waals surface area contributed by atoms with Crippen molar-refractivity contribution in [3.63, 3.8) is 0 Å². The summed E-state index contributed by atoms with van der Waals surface area (Å²) in [6.45, 7) is 6.84. The molecular formula is C21H27NO2S. The first-order valence-corrected chi connectivity index (χ1v) is 10.4. The van der Waals surface area contributed by atoms with Gasteiger partial charge in [0.1, 0.15) is 0 Å². The smallest absolute Gasteiger partial charge is 0.207 e. The standard InChI is InChI=1S/C21H27NO2S/c1-17-11-13-19(14-12-17)25(23,24)22-16-21(2,3)15-7-10-20(22)18-8-5-4-6-9-18/h4-6,8-9,11-14,20H,7,10,15-16H2,1-3H3/t20-/m1/s1. The van der Waals surface area contributed by atoms with E-state index in [2.05, 4.69) is 13.8 Å². The molecule has 0 N–H and O–H groups in total. The summed E-state index contributed by atoms with van der Waals surface area (Å²) >= 11 is 0. The van der Waals surface area contributed by atoms with E-state index in [-0.39, 0.29) is 11.5 Å². The fourth-order valence-corrected chi connectivity index (χ4v) is 5.47. The van der Waals surface area contributed by atoms with Gasteiger partial charge in [0.05, 0.1) is 10.9 Å². The summed E-state index contributed by atoms with van der Waals surface area (Å²) < 4.78 is 28.6. The van der Waals surface area contributed by atoms with Crippen LogP contribution in [0.3, 0.4) is 0 Å². The summed E-state index contributed by atoms with van der Waals surface area (Å²) in [4.78, 5) is 0.386. The van der Waals surface area contributed by atoms with Crippen molar-refractivity contribution in [3.05, 3.63) is 65.7 Å². The summed E-state index contributed by atoms with van der Waals surface area (Å²) in [6.07, 6.45) is 2.93. The highest BCUT2D eigenvalue weighted by molar-refractivity contribution is 7.89. The number of hydrogen-bond donors (Lipinski definition) is 0. The number of hydrogen-bond acceptors (Lipinski definition) is 2. The Morgan fingerprint density at radius 2 is 1.64 bits per heavy atom. The molecule has 0 aromatic heterocycles. The maximum Gasteiger partial charge on any atom is 0.243 e. The van der Waals surface area contributed by atoms with E-state index in [1.165, 1.54) is 0 Å². The highest BCUT2D eigenvalue weighted by Crippen LogP contribution is 2.40. The van der Waals surface area contributed by atoms with Gasteiger partial charge in [-0.15, -0.1) is 0 Å². The molecule has 2 aromatic carbocycles. The van der Waals surface area contributed by atoms with Crippen LogP contribution in [-0.4, -0.2) is 19.3 Å². The van der Waals surface area contributed by atoms with Crippen LogP contribution in [0.4, 0.5) is 0 Å². The van der Waals surface area contributed by atoms with Crippen molar-refractivity contribution in [1.82, 2.24) is 4.31 Å². The molecule has 4 heteroatoms. The topological polar surface area (TPSA) is 37.4 Å². The molecule has 3 nitrogen and oxygen atoms in total. The van der Waals surface area contributed by atoms with E-state index in [9.17, 15) is 8.42 Å². The van der Waals surface area contributed by atoms with Gasteiger partial charge in [0.25, 0.3) is 0 Å². The maximum absolute atomic E-state index is 13.4. The van der Waals surface area contributed by atoms with Crippen molar-refractivity contribution < 1.29 is 8.42 Å². The van der Waals surface area contributed by atoms with Gasteiger partial charge in [-0.25, -0.2) is 8.42 Å². The zero-order valence-electron chi connectivity index (χ0n) is 15.3. The second-order valence-electron chi connectivity index (χ2n) is 7.85. The molecule has 0 unspecified atom stereocenters. The molecule has 0 aliphatic carbocycles. The lowest BCUT2D eigenvalue weighted by Gasteiger charge is -2.34. The summed E-state index contributed by atoms with van der Waals surface area (Å²) in [7, 11) is -3.54. The van der Waals surface area contributed by atoms with Gasteiger partial charge in [0.15, 0.2) is 0 Å². The molecule has 1 aliphatic heterocycles. The quantitative estimate of drug-likeness (QED) is 0.780. The zero-order valence-corrected chi connectivity index (χ0v) is 16.1. The molecule has 25 heavy (non-hydrogen) atoms. The van der Waals surface area contributed by atoms with E-state index >= 15 is 0 Å². The van der Waals surface area contributed by atoms with Crippen molar-refractivity contribution in [1.29, 1.82) is 0 Å². The van der Waals surface area contributed by atoms with Crippen molar-refractivity contribution >= 4 is 10.0 Å². The first kappa shape index (κ1) is 18.2. The van der Waals surface area contributed by atoms with Crippen molar-refractivity contribution in [3.8, 4) is 0 Å². The van der Waals surface area contributed by atoms with E-state index in [1.807, 2.05) is 49.4 Å². The lowest BCUT2D eigenvalue weighted by molar-refractivity contribution is 0.240. The van der Waals surface area contributed by atoms with E-state index in [4.69, 9.17) is 0 Å². The highest BCUT2D eigenvalue weighted by Gasteiger charge is 2.38. The molecule has 0 radical (unpaired) electrons. The van der Waals surface area contributed by atoms with Crippen LogP contribution in [0.1, 0.15) is 50.3 Å². The lowest BCUT2D eigenvalue weighted by Crippen LogP contribution is -2.39. The Labute approximate surface area is 151 Å². The van der Waals surface area contributed by atoms with E-state index in [0.29, 0.717) is 11.4 Å². The lowest BCUT2D eigenvalue weighted by atomic mass is 9.88. The van der Waals surface area contributed by atoms with Crippen LogP contribution >= 0.6 is 0 Å². The Balaban J connectivity index is 2.07. The van der Waals surface area contributed by atoms with Crippen LogP contribution in [0, 0.1) is 12.3 Å². The Hall–Kier alpha value is -1.65. The van der Waals surface area contributed by atoms with Gasteiger partial charge in [-0.05, 0) is 42.9 Å². The number of sulfonamides is 1. The van der Waals surface area contributed by atoms with Crippen LogP contribution in [-0.2, 0) is 10.0 Å². The molecule has 0 amide bonds. The van der Waals surface area contributed by atoms with E-state index in [0.717, 1.165) is 30.4 Å². The molecule has 0 bridgehead atoms. The molecule has 1 heterocycles. The van der Waals surface area contributed by atoms with Gasteiger partial charge in [0.2, 0.25) is 10.0 Å². The van der Waals surface area contributed by atoms with E-state index < -0.39 is 10.0 Å². The predicted molar refractivity (Wildman–Crippen MR) is 102 cm³/mol. The van der Waals surface area contributed by atoms with Crippen molar-refractivity contribution in [2.75, 3.05) is 6.54 Å². The predicted octanol–water partition coefficient (Wildman–Crippen LogP) is 4.94. The molecule has 1 atom stereocenters. The first-order valence-electron chi connectivity index (χ1n) is 8.93. The highest BCUT2D eigenvalue weighted by atomic mass is 32.2. The molecule has 1 fully saturated rings. The third-order valence-electron chi connectivity index (χ3n) is 5.07. The monoisotopic (exact) mass is 357 g/mol. The molecule has 1 saturated heterocycles. The minimum atomic E-state index is -3.54. The summed E-state index contributed by atoms with van der Waals surface area (Å²) in [6, 6.07) is 17.1. The first-order chi connectivity index (χ1) is 11.8. The van der Waals surface area contributed by atoms with Gasteiger partial charge < -0.3 is 0 Å². The fourth-order valence-electron chi connectivity index (χ4n) is 3.64. The van der Waals surface area contributed by atoms with Crippen molar-refractivity contribution in [2.24, 2.45) is 5.41 Å². The van der Waals surface area contributed by atoms with Crippen LogP contribution in [0.5, 0.6) is 0 Å². The molecule has 1 aliphatic rings. The minimum absolute atomic E-state index is 0.0265. The third-order valence-corrected chi connectivity index (χ3v) is 6.94. The number of benzene rings is 2. The van der Waals surface area contributed by atoms with Crippen LogP contribution in [0.15, 0.2) is 59.5 Å². The fraction of sp³-hybridized carbons (Fsp3) is 0.429. The second kappa shape index (κ2) is 6.93. The van der Waals surface area contributed by atoms with Gasteiger partial charge in [-0.2, -0.15) is 4.31 Å². The summed E-state index contributed by atoms with van der Waals surface area (Å²) in [5.74, 6) is 0. The van der Waals surface area contributed by atoms with Gasteiger partial charge >= 0.3 is 0 Å². The Bertz CT molecular complexity index is 811. The Kier molecular flexibility index (Phi) is 5.03. The number of rotatable bonds is 3. The van der Waals surface area contributed by atoms with Crippen LogP contribution < -0.4 is 0 Å². The molecule has 3 rings (SSSR count). The molecule has 2 aromatic rings. The van der Waals surface area contributed by atoms with Crippen LogP contribution in [0.2, 0.25) is 0 Å². The van der Waals surface area contributed by atoms with Crippen molar-refractivity contribution in [2.45, 2.75) is 51.0 Å². The van der Waals surface area contributed by atoms with Gasteiger partial charge in [-0.1, -0.05) is 68.3 Å². The normalized spacial score (nSPS) is 21.6.